The second-order valence-electron chi connectivity index (χ2n) is 9.05. The number of hydrogen-bond donors (Lipinski definition) is 0. The number of rotatable bonds is 9. The highest BCUT2D eigenvalue weighted by atomic mass is 16.5. The van der Waals surface area contributed by atoms with Crippen molar-refractivity contribution >= 4 is 0 Å². The highest BCUT2D eigenvalue weighted by Crippen LogP contribution is 2.40. The van der Waals surface area contributed by atoms with Gasteiger partial charge in [-0.05, 0) is 87.5 Å². The van der Waals surface area contributed by atoms with E-state index in [4.69, 9.17) is 9.26 Å². The van der Waals surface area contributed by atoms with E-state index < -0.39 is 0 Å². The van der Waals surface area contributed by atoms with E-state index in [0.717, 1.165) is 44.4 Å². The number of fused-ring (bicyclic) bond motifs is 1. The van der Waals surface area contributed by atoms with Gasteiger partial charge in [0.2, 0.25) is 0 Å². The Morgan fingerprint density at radius 3 is 2.34 bits per heavy atom. The normalized spacial score (nSPS) is 15.9. The van der Waals surface area contributed by atoms with E-state index in [2.05, 4.69) is 79.5 Å². The topological polar surface area (TPSA) is 38.5 Å². The maximum absolute atomic E-state index is 5.78. The number of hydrogen-bond acceptors (Lipinski definition) is 4. The average Bonchev–Trinajstić information content (AvgIpc) is 3.21. The molecule has 0 fully saturated rings. The maximum atomic E-state index is 5.78. The molecule has 4 rings (SSSR count). The predicted octanol–water partition coefficient (Wildman–Crippen LogP) is 6.61. The molecule has 1 aromatic heterocycles. The fourth-order valence-electron chi connectivity index (χ4n) is 5.24. The van der Waals surface area contributed by atoms with Crippen LogP contribution >= 0.6 is 0 Å². The molecule has 0 spiro atoms. The zero-order valence-corrected chi connectivity index (χ0v) is 19.9. The molecule has 3 aromatic rings. The summed E-state index contributed by atoms with van der Waals surface area (Å²) >= 11 is 0. The molecule has 170 valence electrons. The van der Waals surface area contributed by atoms with E-state index in [9.17, 15) is 0 Å². The van der Waals surface area contributed by atoms with Crippen LogP contribution in [0.25, 0.3) is 0 Å². The summed E-state index contributed by atoms with van der Waals surface area (Å²) in [6, 6.07) is 18.0. The maximum Gasteiger partial charge on any atom is 0.259 e. The second kappa shape index (κ2) is 10.4. The zero-order valence-electron chi connectivity index (χ0n) is 19.9. The van der Waals surface area contributed by atoms with Gasteiger partial charge in [-0.1, -0.05) is 48.5 Å². The Bertz CT molecular complexity index is 980. The second-order valence-corrected chi connectivity index (χ2v) is 9.05. The van der Waals surface area contributed by atoms with Crippen LogP contribution in [-0.2, 0) is 6.42 Å². The van der Waals surface area contributed by atoms with Gasteiger partial charge < -0.3 is 9.26 Å². The summed E-state index contributed by atoms with van der Waals surface area (Å²) in [5, 5.41) is 4.20. The van der Waals surface area contributed by atoms with Crippen molar-refractivity contribution in [3.05, 3.63) is 82.1 Å². The summed E-state index contributed by atoms with van der Waals surface area (Å²) in [4.78, 5) is 2.48. The van der Waals surface area contributed by atoms with Crippen LogP contribution in [0.4, 0.5) is 0 Å². The van der Waals surface area contributed by atoms with Gasteiger partial charge in [0, 0.05) is 18.4 Å². The highest BCUT2D eigenvalue weighted by molar-refractivity contribution is 5.40. The van der Waals surface area contributed by atoms with Crippen molar-refractivity contribution in [3.63, 3.8) is 0 Å². The summed E-state index contributed by atoms with van der Waals surface area (Å²) in [7, 11) is 2.24. The summed E-state index contributed by atoms with van der Waals surface area (Å²) in [5.74, 6) is 2.12. The van der Waals surface area contributed by atoms with Crippen LogP contribution in [0.2, 0.25) is 0 Å². The minimum atomic E-state index is 0.321. The number of ether oxygens (including phenoxy) is 1. The van der Waals surface area contributed by atoms with E-state index in [1.54, 1.807) is 0 Å². The number of nitrogens with zero attached hydrogens (tertiary/aromatic N) is 2. The standard InChI is InChI=1S/C28H36N2O2/c1-5-31-28-27-25(17-10-18-26(27)32-29-28)30(4)19-11-16-24(22-14-8-6-12-20(22)2)23-15-9-7-13-21(23)3/h6-9,12-15,24-25H,5,10-11,16-19H2,1-4H3. The molecule has 1 aliphatic rings. The first-order valence-corrected chi connectivity index (χ1v) is 12.0. The fourth-order valence-corrected chi connectivity index (χ4v) is 5.24. The first kappa shape index (κ1) is 22.6. The number of benzene rings is 2. The molecular formula is C28H36N2O2. The molecule has 0 bridgehead atoms. The Labute approximate surface area is 192 Å². The van der Waals surface area contributed by atoms with Gasteiger partial charge in [0.1, 0.15) is 5.76 Å². The van der Waals surface area contributed by atoms with Gasteiger partial charge in [-0.15, -0.1) is 0 Å². The van der Waals surface area contributed by atoms with Crippen LogP contribution in [0.15, 0.2) is 53.1 Å². The lowest BCUT2D eigenvalue weighted by Crippen LogP contribution is -2.29. The van der Waals surface area contributed by atoms with Gasteiger partial charge in [0.15, 0.2) is 0 Å². The Morgan fingerprint density at radius 1 is 1.06 bits per heavy atom. The number of aryl methyl sites for hydroxylation is 3. The van der Waals surface area contributed by atoms with Gasteiger partial charge in [-0.2, -0.15) is 0 Å². The molecule has 0 N–H and O–H groups in total. The van der Waals surface area contributed by atoms with Gasteiger partial charge in [-0.25, -0.2) is 0 Å². The monoisotopic (exact) mass is 432 g/mol. The molecule has 1 unspecified atom stereocenters. The quantitative estimate of drug-likeness (QED) is 0.381. The molecule has 0 saturated heterocycles. The average molecular weight is 433 g/mol. The van der Waals surface area contributed by atoms with Crippen LogP contribution in [-0.4, -0.2) is 30.3 Å². The molecule has 0 aliphatic heterocycles. The fraction of sp³-hybridized carbons (Fsp3) is 0.464. The van der Waals surface area contributed by atoms with Crippen molar-refractivity contribution in [2.75, 3.05) is 20.2 Å². The minimum absolute atomic E-state index is 0.321. The first-order chi connectivity index (χ1) is 15.6. The SMILES string of the molecule is CCOc1noc2c1C(N(C)CCCC(c1ccccc1C)c1ccccc1C)CCC2. The van der Waals surface area contributed by atoms with E-state index in [1.807, 2.05) is 6.92 Å². The van der Waals surface area contributed by atoms with Gasteiger partial charge >= 0.3 is 0 Å². The van der Waals surface area contributed by atoms with E-state index in [0.29, 0.717) is 24.4 Å². The van der Waals surface area contributed by atoms with Gasteiger partial charge in [0.05, 0.1) is 12.2 Å². The smallest absolute Gasteiger partial charge is 0.259 e. The third-order valence-corrected chi connectivity index (χ3v) is 6.93. The Balaban J connectivity index is 1.49. The molecule has 0 amide bonds. The molecule has 4 heteroatoms. The molecule has 1 atom stereocenters. The van der Waals surface area contributed by atoms with Crippen molar-refractivity contribution in [1.29, 1.82) is 0 Å². The van der Waals surface area contributed by atoms with Crippen LogP contribution in [0, 0.1) is 13.8 Å². The minimum Gasteiger partial charge on any atom is -0.476 e. The van der Waals surface area contributed by atoms with Crippen molar-refractivity contribution in [3.8, 4) is 5.88 Å². The van der Waals surface area contributed by atoms with E-state index in [-0.39, 0.29) is 0 Å². The van der Waals surface area contributed by atoms with E-state index >= 15 is 0 Å². The largest absolute Gasteiger partial charge is 0.476 e. The van der Waals surface area contributed by atoms with Crippen molar-refractivity contribution in [2.24, 2.45) is 0 Å². The molecule has 1 heterocycles. The summed E-state index contributed by atoms with van der Waals surface area (Å²) in [6.45, 7) is 8.12. The lowest BCUT2D eigenvalue weighted by atomic mass is 9.83. The van der Waals surface area contributed by atoms with Crippen molar-refractivity contribution in [1.82, 2.24) is 10.1 Å². The lowest BCUT2D eigenvalue weighted by Gasteiger charge is -2.31. The van der Waals surface area contributed by atoms with Gasteiger partial charge in [-0.3, -0.25) is 4.90 Å². The van der Waals surface area contributed by atoms with Crippen LogP contribution in [0.1, 0.15) is 78.1 Å². The van der Waals surface area contributed by atoms with Crippen molar-refractivity contribution < 1.29 is 9.26 Å². The lowest BCUT2D eigenvalue weighted by molar-refractivity contribution is 0.206. The van der Waals surface area contributed by atoms with Crippen LogP contribution in [0.3, 0.4) is 0 Å². The van der Waals surface area contributed by atoms with Gasteiger partial charge in [0.25, 0.3) is 5.88 Å². The van der Waals surface area contributed by atoms with E-state index in [1.165, 1.54) is 27.8 Å². The summed E-state index contributed by atoms with van der Waals surface area (Å²) < 4.78 is 11.4. The molecule has 1 aliphatic carbocycles. The number of aromatic nitrogens is 1. The predicted molar refractivity (Wildman–Crippen MR) is 129 cm³/mol. The molecule has 32 heavy (non-hydrogen) atoms. The summed E-state index contributed by atoms with van der Waals surface area (Å²) in [5.41, 5.74) is 6.81. The zero-order chi connectivity index (χ0) is 22.5. The molecule has 4 nitrogen and oxygen atoms in total. The third kappa shape index (κ3) is 4.75. The third-order valence-electron chi connectivity index (χ3n) is 6.93. The molecular weight excluding hydrogens is 396 g/mol. The van der Waals surface area contributed by atoms with Crippen LogP contribution < -0.4 is 4.74 Å². The Hall–Kier alpha value is -2.59. The molecule has 0 saturated carbocycles. The van der Waals surface area contributed by atoms with Crippen molar-refractivity contribution in [2.45, 2.75) is 64.8 Å². The Kier molecular flexibility index (Phi) is 7.31. The first-order valence-electron chi connectivity index (χ1n) is 12.0. The summed E-state index contributed by atoms with van der Waals surface area (Å²) in [6.07, 6.45) is 5.48. The Morgan fingerprint density at radius 2 is 1.72 bits per heavy atom. The van der Waals surface area contributed by atoms with Crippen LogP contribution in [0.5, 0.6) is 5.88 Å². The molecule has 0 radical (unpaired) electrons. The highest BCUT2D eigenvalue weighted by Gasteiger charge is 2.31. The molecule has 2 aromatic carbocycles.